The van der Waals surface area contributed by atoms with E-state index in [-0.39, 0.29) is 10.8 Å². The van der Waals surface area contributed by atoms with Crippen molar-refractivity contribution in [3.05, 3.63) is 22.3 Å². The van der Waals surface area contributed by atoms with Crippen molar-refractivity contribution >= 4 is 29.0 Å². The van der Waals surface area contributed by atoms with Gasteiger partial charge in [0.05, 0.1) is 10.0 Å². The molecular formula is C5H4Cl2N2O. The molecule has 2 N–H and O–H groups in total. The van der Waals surface area contributed by atoms with Crippen molar-refractivity contribution in [1.82, 2.24) is 4.98 Å². The predicted molar refractivity (Wildman–Crippen MR) is 39.7 cm³/mol. The van der Waals surface area contributed by atoms with Gasteiger partial charge in [-0.25, -0.2) is 4.98 Å². The molecular weight excluding hydrogens is 175 g/mol. The van der Waals surface area contributed by atoms with Crippen LogP contribution in [0.5, 0.6) is 0 Å². The normalized spacial score (nSPS) is 9.50. The van der Waals surface area contributed by atoms with E-state index in [4.69, 9.17) is 28.4 Å². The van der Waals surface area contributed by atoms with Crippen LogP contribution in [0.1, 0.15) is 0 Å². The molecule has 0 aromatic carbocycles. The van der Waals surface area contributed by atoms with Crippen LogP contribution in [-0.4, -0.2) is 10.2 Å². The van der Waals surface area contributed by atoms with Crippen LogP contribution in [-0.2, 0) is 0 Å². The lowest BCUT2D eigenvalue weighted by Crippen LogP contribution is -1.92. The number of nitrogens with one attached hydrogen (secondary N) is 1. The van der Waals surface area contributed by atoms with Crippen molar-refractivity contribution in [2.45, 2.75) is 0 Å². The highest BCUT2D eigenvalue weighted by Gasteiger charge is 1.99. The number of anilines is 1. The molecule has 1 aromatic heterocycles. The summed E-state index contributed by atoms with van der Waals surface area (Å²) in [5.41, 5.74) is 1.82. The monoisotopic (exact) mass is 178 g/mol. The Labute approximate surface area is 67.6 Å². The molecule has 54 valence electrons. The van der Waals surface area contributed by atoms with Gasteiger partial charge in [-0.2, -0.15) is 0 Å². The lowest BCUT2D eigenvalue weighted by atomic mass is 10.5. The highest BCUT2D eigenvalue weighted by atomic mass is 35.5. The second-order valence-electron chi connectivity index (χ2n) is 1.60. The number of nitrogens with zero attached hydrogens (tertiary/aromatic N) is 1. The summed E-state index contributed by atoms with van der Waals surface area (Å²) in [6, 6.07) is 1.48. The first-order valence-corrected chi connectivity index (χ1v) is 3.21. The summed E-state index contributed by atoms with van der Waals surface area (Å²) in [5, 5.41) is 9.09. The highest BCUT2D eigenvalue weighted by molar-refractivity contribution is 6.35. The van der Waals surface area contributed by atoms with E-state index in [1.54, 1.807) is 0 Å². The Kier molecular flexibility index (Phi) is 2.32. The van der Waals surface area contributed by atoms with Crippen molar-refractivity contribution in [2.75, 3.05) is 5.48 Å². The topological polar surface area (TPSA) is 45.1 Å². The third-order valence-corrected chi connectivity index (χ3v) is 1.41. The fourth-order valence-electron chi connectivity index (χ4n) is 0.497. The van der Waals surface area contributed by atoms with Crippen LogP contribution in [0, 0.1) is 0 Å². The molecule has 0 amide bonds. The first kappa shape index (κ1) is 7.60. The van der Waals surface area contributed by atoms with Crippen LogP contribution in [0.2, 0.25) is 10.0 Å². The quantitative estimate of drug-likeness (QED) is 0.649. The minimum Gasteiger partial charge on any atom is -0.290 e. The van der Waals surface area contributed by atoms with Crippen molar-refractivity contribution in [1.29, 1.82) is 0 Å². The van der Waals surface area contributed by atoms with Crippen LogP contribution < -0.4 is 5.48 Å². The molecule has 1 aromatic rings. The third-order valence-electron chi connectivity index (χ3n) is 0.914. The number of aromatic nitrogens is 1. The zero-order valence-corrected chi connectivity index (χ0v) is 6.32. The van der Waals surface area contributed by atoms with Gasteiger partial charge in [0.2, 0.25) is 0 Å². The number of rotatable bonds is 1. The molecule has 0 bridgehead atoms. The third kappa shape index (κ3) is 1.50. The van der Waals surface area contributed by atoms with E-state index in [9.17, 15) is 0 Å². The van der Waals surface area contributed by atoms with Gasteiger partial charge < -0.3 is 0 Å². The van der Waals surface area contributed by atoms with Crippen LogP contribution in [0.25, 0.3) is 0 Å². The van der Waals surface area contributed by atoms with E-state index < -0.39 is 0 Å². The first-order chi connectivity index (χ1) is 4.74. The summed E-state index contributed by atoms with van der Waals surface area (Å²) in [7, 11) is 0. The van der Waals surface area contributed by atoms with E-state index in [0.717, 1.165) is 0 Å². The van der Waals surface area contributed by atoms with Gasteiger partial charge in [0, 0.05) is 6.20 Å². The van der Waals surface area contributed by atoms with Crippen LogP contribution >= 0.6 is 23.2 Å². The maximum absolute atomic E-state index is 8.37. The molecule has 1 rings (SSSR count). The van der Waals surface area contributed by atoms with Crippen molar-refractivity contribution < 1.29 is 5.21 Å². The highest BCUT2D eigenvalue weighted by Crippen LogP contribution is 2.21. The first-order valence-electron chi connectivity index (χ1n) is 2.45. The summed E-state index contributed by atoms with van der Waals surface area (Å²) >= 11 is 11.1. The second kappa shape index (κ2) is 3.05. The fourth-order valence-corrected chi connectivity index (χ4v) is 0.919. The molecule has 3 nitrogen and oxygen atoms in total. The Hall–Kier alpha value is -0.510. The van der Waals surface area contributed by atoms with Crippen molar-refractivity contribution in [3.8, 4) is 0 Å². The van der Waals surface area contributed by atoms with E-state index in [1.165, 1.54) is 12.3 Å². The van der Waals surface area contributed by atoms with Gasteiger partial charge in [0.15, 0.2) is 5.82 Å². The fraction of sp³-hybridized carbons (Fsp3) is 0. The SMILES string of the molecule is ONc1ncc(Cl)cc1Cl. The van der Waals surface area contributed by atoms with Gasteiger partial charge in [0.1, 0.15) is 0 Å². The average molecular weight is 179 g/mol. The predicted octanol–water partition coefficient (Wildman–Crippen LogP) is 2.19. The molecule has 0 saturated carbocycles. The maximum atomic E-state index is 8.37. The number of hydrogen-bond donors (Lipinski definition) is 2. The van der Waals surface area contributed by atoms with E-state index in [1.807, 2.05) is 5.48 Å². The van der Waals surface area contributed by atoms with Gasteiger partial charge in [-0.1, -0.05) is 23.2 Å². The molecule has 1 heterocycles. The van der Waals surface area contributed by atoms with Gasteiger partial charge in [0.25, 0.3) is 0 Å². The number of hydrogen-bond acceptors (Lipinski definition) is 3. The minimum absolute atomic E-state index is 0.200. The molecule has 0 spiro atoms. The summed E-state index contributed by atoms with van der Waals surface area (Å²) in [5.74, 6) is 0.200. The van der Waals surface area contributed by atoms with Crippen molar-refractivity contribution in [3.63, 3.8) is 0 Å². The maximum Gasteiger partial charge on any atom is 0.168 e. The van der Waals surface area contributed by atoms with Gasteiger partial charge in [-0.15, -0.1) is 0 Å². The average Bonchev–Trinajstić information content (AvgIpc) is 1.88. The van der Waals surface area contributed by atoms with Crippen LogP contribution in [0.4, 0.5) is 5.82 Å². The Bertz CT molecular complexity index is 241. The zero-order chi connectivity index (χ0) is 7.56. The Balaban J connectivity index is 3.07. The van der Waals surface area contributed by atoms with Gasteiger partial charge in [-0.05, 0) is 6.07 Å². The Morgan fingerprint density at radius 1 is 1.50 bits per heavy atom. The standard InChI is InChI=1S/C5H4Cl2N2O/c6-3-1-4(7)5(9-10)8-2-3/h1-2,10H,(H,8,9). The molecule has 5 heteroatoms. The zero-order valence-electron chi connectivity index (χ0n) is 4.81. The summed E-state index contributed by atoms with van der Waals surface area (Å²) in [4.78, 5) is 3.67. The lowest BCUT2D eigenvalue weighted by molar-refractivity contribution is 0.386. The number of halogens is 2. The van der Waals surface area contributed by atoms with Gasteiger partial charge in [-0.3, -0.25) is 10.7 Å². The summed E-state index contributed by atoms with van der Waals surface area (Å²) in [6.45, 7) is 0. The molecule has 0 aliphatic carbocycles. The molecule has 10 heavy (non-hydrogen) atoms. The van der Waals surface area contributed by atoms with Crippen LogP contribution in [0.15, 0.2) is 12.3 Å². The van der Waals surface area contributed by atoms with E-state index >= 15 is 0 Å². The molecule has 0 unspecified atom stereocenters. The molecule has 0 radical (unpaired) electrons. The minimum atomic E-state index is 0.200. The Morgan fingerprint density at radius 2 is 2.20 bits per heavy atom. The molecule has 0 saturated heterocycles. The molecule has 0 atom stereocenters. The van der Waals surface area contributed by atoms with Crippen molar-refractivity contribution in [2.24, 2.45) is 0 Å². The summed E-state index contributed by atoms with van der Waals surface area (Å²) < 4.78 is 0. The number of pyridine rings is 1. The lowest BCUT2D eigenvalue weighted by Gasteiger charge is -1.98. The molecule has 0 fully saturated rings. The summed E-state index contributed by atoms with van der Waals surface area (Å²) in [6.07, 6.45) is 1.38. The molecule has 0 aliphatic heterocycles. The van der Waals surface area contributed by atoms with Crippen LogP contribution in [0.3, 0.4) is 0 Å². The largest absolute Gasteiger partial charge is 0.290 e. The smallest absolute Gasteiger partial charge is 0.168 e. The van der Waals surface area contributed by atoms with Gasteiger partial charge >= 0.3 is 0 Å². The molecule has 0 aliphatic rings. The van der Waals surface area contributed by atoms with E-state index in [2.05, 4.69) is 4.98 Å². The van der Waals surface area contributed by atoms with E-state index in [0.29, 0.717) is 5.02 Å². The second-order valence-corrected chi connectivity index (χ2v) is 2.44. The Morgan fingerprint density at radius 3 is 2.70 bits per heavy atom.